The van der Waals surface area contributed by atoms with Crippen molar-refractivity contribution >= 4 is 21.4 Å². The maximum atomic E-state index is 12.6. The lowest BCUT2D eigenvalue weighted by molar-refractivity contribution is 0.0663. The fraction of sp³-hybridized carbons (Fsp3) is 0.444. The number of aromatic amines is 1. The third kappa shape index (κ3) is 6.64. The maximum absolute atomic E-state index is 12.6. The van der Waals surface area contributed by atoms with Crippen LogP contribution in [0.4, 0.5) is 0 Å². The van der Waals surface area contributed by atoms with Gasteiger partial charge in [-0.2, -0.15) is 0 Å². The van der Waals surface area contributed by atoms with E-state index >= 15 is 0 Å². The molecule has 0 aliphatic carbocycles. The summed E-state index contributed by atoms with van der Waals surface area (Å²) >= 11 is 5.89. The summed E-state index contributed by atoms with van der Waals surface area (Å²) in [5.74, 6) is -0.000275. The molecule has 1 aromatic carbocycles. The molecule has 0 amide bonds. The molecule has 0 unspecified atom stereocenters. The van der Waals surface area contributed by atoms with Crippen molar-refractivity contribution in [2.45, 2.75) is 38.3 Å². The van der Waals surface area contributed by atoms with Gasteiger partial charge in [0.1, 0.15) is 6.73 Å². The molecule has 0 spiro atoms. The largest absolute Gasteiger partial charge is 0.361 e. The second-order valence-electron chi connectivity index (χ2n) is 7.10. The molecule has 1 aromatic heterocycles. The lowest BCUT2D eigenvalue weighted by Gasteiger charge is -2.24. The Kier molecular flexibility index (Phi) is 7.02. The smallest absolute Gasteiger partial charge is 0.330 e. The van der Waals surface area contributed by atoms with E-state index in [1.165, 1.54) is 22.9 Å². The van der Waals surface area contributed by atoms with Crippen LogP contribution in [0.15, 0.2) is 51.0 Å². The number of halogens is 1. The van der Waals surface area contributed by atoms with Crippen LogP contribution in [0, 0.1) is 5.41 Å². The lowest BCUT2D eigenvalue weighted by Crippen LogP contribution is -2.29. The predicted octanol–water partition coefficient (Wildman–Crippen LogP) is 2.44. The minimum atomic E-state index is -3.44. The highest BCUT2D eigenvalue weighted by atomic mass is 35.5. The number of benzene rings is 1. The highest BCUT2D eigenvalue weighted by molar-refractivity contribution is 7.91. The monoisotopic (exact) mass is 414 g/mol. The normalized spacial score (nSPS) is 12.3. The standard InChI is InChI=1S/C18H23ClN2O5S/c1-18(2,12-27(24,25)15-6-3-5-14(19)11-15)8-4-10-26-13-21-9-7-16(22)20-17(21)23/h3,5-7,9,11H,4,8,10,12-13H2,1-2H3,(H,20,22,23). The molecule has 0 atom stereocenters. The Labute approximate surface area is 162 Å². The molecule has 0 bridgehead atoms. The third-order valence-corrected chi connectivity index (χ3v) is 6.37. The first-order chi connectivity index (χ1) is 12.6. The summed E-state index contributed by atoms with van der Waals surface area (Å²) in [5, 5.41) is 0.389. The molecule has 0 saturated carbocycles. The van der Waals surface area contributed by atoms with Gasteiger partial charge in [-0.1, -0.05) is 31.5 Å². The summed E-state index contributed by atoms with van der Waals surface area (Å²) in [6.07, 6.45) is 2.63. The number of hydrogen-bond donors (Lipinski definition) is 1. The number of ether oxygens (including phenoxy) is 1. The number of aromatic nitrogens is 2. The Bertz CT molecular complexity index is 995. The molecule has 27 heavy (non-hydrogen) atoms. The Morgan fingerprint density at radius 1 is 1.22 bits per heavy atom. The zero-order valence-corrected chi connectivity index (χ0v) is 16.8. The van der Waals surface area contributed by atoms with Gasteiger partial charge in [-0.3, -0.25) is 14.3 Å². The Hall–Kier alpha value is -1.90. The number of H-pyrrole nitrogens is 1. The van der Waals surface area contributed by atoms with E-state index in [0.29, 0.717) is 24.5 Å². The van der Waals surface area contributed by atoms with Gasteiger partial charge in [-0.25, -0.2) is 13.2 Å². The molecule has 9 heteroatoms. The van der Waals surface area contributed by atoms with E-state index in [2.05, 4.69) is 4.98 Å². The minimum Gasteiger partial charge on any atom is -0.361 e. The minimum absolute atomic E-state index is 0.000275. The van der Waals surface area contributed by atoms with Crippen molar-refractivity contribution in [1.29, 1.82) is 0 Å². The summed E-state index contributed by atoms with van der Waals surface area (Å²) in [4.78, 5) is 24.9. The number of sulfone groups is 1. The molecular formula is C18H23ClN2O5S. The van der Waals surface area contributed by atoms with E-state index in [1.807, 2.05) is 13.8 Å². The van der Waals surface area contributed by atoms with Crippen LogP contribution in [-0.4, -0.2) is 30.3 Å². The van der Waals surface area contributed by atoms with Crippen molar-refractivity contribution in [3.05, 3.63) is 62.4 Å². The van der Waals surface area contributed by atoms with Crippen LogP contribution >= 0.6 is 11.6 Å². The fourth-order valence-corrected chi connectivity index (χ4v) is 4.88. The first-order valence-corrected chi connectivity index (χ1v) is 10.5. The maximum Gasteiger partial charge on any atom is 0.330 e. The molecule has 1 N–H and O–H groups in total. The topological polar surface area (TPSA) is 98.2 Å². The van der Waals surface area contributed by atoms with E-state index in [4.69, 9.17) is 16.3 Å². The third-order valence-electron chi connectivity index (χ3n) is 4.01. The molecule has 0 saturated heterocycles. The molecule has 2 aromatic rings. The van der Waals surface area contributed by atoms with Crippen LogP contribution in [-0.2, 0) is 21.3 Å². The molecule has 2 rings (SSSR count). The number of nitrogens with one attached hydrogen (secondary N) is 1. The molecular weight excluding hydrogens is 392 g/mol. The SMILES string of the molecule is CC(C)(CCCOCn1ccc(=O)[nH]c1=O)CS(=O)(=O)c1cccc(Cl)c1. The van der Waals surface area contributed by atoms with Gasteiger partial charge in [0.05, 0.1) is 10.6 Å². The summed E-state index contributed by atoms with van der Waals surface area (Å²) in [6, 6.07) is 7.50. The van der Waals surface area contributed by atoms with Gasteiger partial charge in [0.15, 0.2) is 9.84 Å². The van der Waals surface area contributed by atoms with Crippen LogP contribution in [0.25, 0.3) is 0 Å². The average Bonchev–Trinajstić information content (AvgIpc) is 2.55. The van der Waals surface area contributed by atoms with Crippen molar-refractivity contribution in [3.8, 4) is 0 Å². The quantitative estimate of drug-likeness (QED) is 0.635. The van der Waals surface area contributed by atoms with Gasteiger partial charge in [-0.15, -0.1) is 0 Å². The van der Waals surface area contributed by atoms with Crippen LogP contribution in [0.3, 0.4) is 0 Å². The Balaban J connectivity index is 1.84. The lowest BCUT2D eigenvalue weighted by atomic mass is 9.90. The summed E-state index contributed by atoms with van der Waals surface area (Å²) in [7, 11) is -3.44. The van der Waals surface area contributed by atoms with E-state index in [1.54, 1.807) is 18.2 Å². The highest BCUT2D eigenvalue weighted by Gasteiger charge is 2.27. The highest BCUT2D eigenvalue weighted by Crippen LogP contribution is 2.28. The number of nitrogens with zero attached hydrogens (tertiary/aromatic N) is 1. The first-order valence-electron chi connectivity index (χ1n) is 8.45. The first kappa shape index (κ1) is 21.4. The molecule has 148 valence electrons. The van der Waals surface area contributed by atoms with Crippen LogP contribution in [0.2, 0.25) is 5.02 Å². The fourth-order valence-electron chi connectivity index (χ4n) is 2.69. The predicted molar refractivity (Wildman–Crippen MR) is 104 cm³/mol. The van der Waals surface area contributed by atoms with Gasteiger partial charge >= 0.3 is 5.69 Å². The van der Waals surface area contributed by atoms with Crippen molar-refractivity contribution in [1.82, 2.24) is 9.55 Å². The summed E-state index contributed by atoms with van der Waals surface area (Å²) < 4.78 is 31.9. The molecule has 0 aliphatic rings. The van der Waals surface area contributed by atoms with Crippen LogP contribution in [0.5, 0.6) is 0 Å². The molecule has 7 nitrogen and oxygen atoms in total. The zero-order valence-electron chi connectivity index (χ0n) is 15.3. The van der Waals surface area contributed by atoms with Crippen molar-refractivity contribution in [3.63, 3.8) is 0 Å². The van der Waals surface area contributed by atoms with Gasteiger partial charge in [0, 0.05) is 23.9 Å². The van der Waals surface area contributed by atoms with Crippen molar-refractivity contribution < 1.29 is 13.2 Å². The van der Waals surface area contributed by atoms with Gasteiger partial charge in [-0.05, 0) is 36.5 Å². The van der Waals surface area contributed by atoms with Crippen LogP contribution in [0.1, 0.15) is 26.7 Å². The zero-order chi connectivity index (χ0) is 20.1. The van der Waals surface area contributed by atoms with Gasteiger partial charge < -0.3 is 4.74 Å². The molecule has 0 fully saturated rings. The van der Waals surface area contributed by atoms with E-state index in [-0.39, 0.29) is 17.4 Å². The Morgan fingerprint density at radius 2 is 1.96 bits per heavy atom. The molecule has 0 radical (unpaired) electrons. The number of rotatable bonds is 9. The Morgan fingerprint density at radius 3 is 2.63 bits per heavy atom. The van der Waals surface area contributed by atoms with Gasteiger partial charge in [0.2, 0.25) is 0 Å². The molecule has 0 aliphatic heterocycles. The van der Waals surface area contributed by atoms with Gasteiger partial charge in [0.25, 0.3) is 5.56 Å². The average molecular weight is 415 g/mol. The number of hydrogen-bond acceptors (Lipinski definition) is 5. The molecule has 1 heterocycles. The van der Waals surface area contributed by atoms with Crippen LogP contribution < -0.4 is 11.2 Å². The van der Waals surface area contributed by atoms with Crippen molar-refractivity contribution in [2.75, 3.05) is 12.4 Å². The second-order valence-corrected chi connectivity index (χ2v) is 9.53. The van der Waals surface area contributed by atoms with E-state index in [9.17, 15) is 18.0 Å². The van der Waals surface area contributed by atoms with Crippen molar-refractivity contribution in [2.24, 2.45) is 5.41 Å². The second kappa shape index (κ2) is 8.86. The summed E-state index contributed by atoms with van der Waals surface area (Å²) in [6.45, 7) is 4.17. The van der Waals surface area contributed by atoms with E-state index < -0.39 is 26.5 Å². The van der Waals surface area contributed by atoms with E-state index in [0.717, 1.165) is 0 Å². The summed E-state index contributed by atoms with van der Waals surface area (Å²) in [5.41, 5.74) is -1.44.